The van der Waals surface area contributed by atoms with Gasteiger partial charge in [-0.2, -0.15) is 0 Å². The number of rotatable bonds is 14. The summed E-state index contributed by atoms with van der Waals surface area (Å²) in [7, 11) is 5.36. The Labute approximate surface area is 309 Å². The Balaban J connectivity index is 0.000000360. The number of ether oxygens (including phenoxy) is 1. The minimum Gasteiger partial charge on any atom is -0.497 e. The minimum atomic E-state index is -3.95. The lowest BCUT2D eigenvalue weighted by Gasteiger charge is -2.37. The van der Waals surface area contributed by atoms with Crippen molar-refractivity contribution in [3.05, 3.63) is 102 Å². The van der Waals surface area contributed by atoms with Crippen LogP contribution in [-0.2, 0) is 16.0 Å². The number of likely N-dealkylation sites (tertiary alicyclic amines) is 1. The average Bonchev–Trinajstić information content (AvgIpc) is 3.16. The molecule has 1 heterocycles. The molecule has 3 unspecified atom stereocenters. The number of aliphatic carboxylic acids is 2. The fourth-order valence-corrected chi connectivity index (χ4v) is 6.20. The van der Waals surface area contributed by atoms with Gasteiger partial charge in [0, 0.05) is 50.9 Å². The summed E-state index contributed by atoms with van der Waals surface area (Å²) in [5.41, 5.74) is -7.33. The van der Waals surface area contributed by atoms with Gasteiger partial charge in [-0.05, 0) is 56.3 Å². The smallest absolute Gasteiger partial charge is 0.348 e. The SMILES string of the molecule is CCN(CC1CCN(C(=O)N(C)C)CC1)C(C)Cc1ccc(OC)cc1.O.O=C(O)C(O)(C(=O)c1ccccc1)C(O)(C(=O)O)C(=O)c1ccccc1. The zero-order chi connectivity index (χ0) is 38.6. The van der Waals surface area contributed by atoms with Gasteiger partial charge in [-0.1, -0.05) is 79.7 Å². The van der Waals surface area contributed by atoms with Crippen molar-refractivity contribution in [2.45, 2.75) is 50.4 Å². The second-order valence-corrected chi connectivity index (χ2v) is 13.0. The zero-order valence-corrected chi connectivity index (χ0v) is 30.8. The summed E-state index contributed by atoms with van der Waals surface area (Å²) in [5.74, 6) is -6.44. The molecular formula is C39H51N3O11. The molecule has 14 heteroatoms. The van der Waals surface area contributed by atoms with Gasteiger partial charge in [-0.15, -0.1) is 0 Å². The van der Waals surface area contributed by atoms with E-state index in [1.54, 1.807) is 12.0 Å². The number of carboxylic acid groups (broad SMARTS) is 2. The molecule has 2 amide bonds. The summed E-state index contributed by atoms with van der Waals surface area (Å²) in [6.45, 7) is 8.51. The molecule has 1 aliphatic heterocycles. The van der Waals surface area contributed by atoms with Gasteiger partial charge in [0.25, 0.3) is 11.2 Å². The normalized spacial score (nSPS) is 15.7. The molecule has 53 heavy (non-hydrogen) atoms. The highest BCUT2D eigenvalue weighted by Crippen LogP contribution is 2.32. The lowest BCUT2D eigenvalue weighted by atomic mass is 9.73. The van der Waals surface area contributed by atoms with Crippen molar-refractivity contribution in [2.24, 2.45) is 5.92 Å². The molecule has 0 bridgehead atoms. The second kappa shape index (κ2) is 19.6. The number of nitrogens with zero attached hydrogens (tertiary/aromatic N) is 3. The predicted molar refractivity (Wildman–Crippen MR) is 197 cm³/mol. The van der Waals surface area contributed by atoms with Gasteiger partial charge in [-0.3, -0.25) is 9.59 Å². The number of amides is 2. The zero-order valence-electron chi connectivity index (χ0n) is 30.8. The average molecular weight is 738 g/mol. The fourth-order valence-electron chi connectivity index (χ4n) is 6.20. The summed E-state index contributed by atoms with van der Waals surface area (Å²) in [6, 6.07) is 21.9. The maximum atomic E-state index is 12.6. The number of piperidine rings is 1. The van der Waals surface area contributed by atoms with Gasteiger partial charge < -0.3 is 45.3 Å². The van der Waals surface area contributed by atoms with E-state index in [1.807, 2.05) is 31.1 Å². The van der Waals surface area contributed by atoms with Crippen LogP contribution in [0.2, 0.25) is 0 Å². The minimum absolute atomic E-state index is 0. The van der Waals surface area contributed by atoms with Gasteiger partial charge in [0.2, 0.25) is 11.6 Å². The maximum absolute atomic E-state index is 12.6. The second-order valence-electron chi connectivity index (χ2n) is 13.0. The van der Waals surface area contributed by atoms with Crippen molar-refractivity contribution in [1.82, 2.24) is 14.7 Å². The van der Waals surface area contributed by atoms with Crippen LogP contribution in [0, 0.1) is 5.92 Å². The third-order valence-corrected chi connectivity index (χ3v) is 9.35. The number of carbonyl (C=O) groups excluding carboxylic acids is 3. The van der Waals surface area contributed by atoms with Crippen LogP contribution in [-0.4, -0.2) is 135 Å². The van der Waals surface area contributed by atoms with E-state index in [1.165, 1.54) is 42.0 Å². The number of benzene rings is 3. The summed E-state index contributed by atoms with van der Waals surface area (Å²) >= 11 is 0. The van der Waals surface area contributed by atoms with Crippen LogP contribution < -0.4 is 4.74 Å². The van der Waals surface area contributed by atoms with Crippen molar-refractivity contribution in [3.8, 4) is 5.75 Å². The molecule has 1 aliphatic rings. The predicted octanol–water partition coefficient (Wildman–Crippen LogP) is 2.90. The highest BCUT2D eigenvalue weighted by Gasteiger charge is 2.69. The fraction of sp³-hybridized carbons (Fsp3) is 0.410. The molecule has 0 spiro atoms. The van der Waals surface area contributed by atoms with Gasteiger partial charge in [0.1, 0.15) is 5.75 Å². The summed E-state index contributed by atoms with van der Waals surface area (Å²) in [4.78, 5) is 66.8. The highest BCUT2D eigenvalue weighted by atomic mass is 16.5. The van der Waals surface area contributed by atoms with Crippen LogP contribution in [0.3, 0.4) is 0 Å². The van der Waals surface area contributed by atoms with E-state index < -0.39 is 45.8 Å². The molecule has 3 atom stereocenters. The van der Waals surface area contributed by atoms with E-state index in [0.717, 1.165) is 75.5 Å². The Morgan fingerprint density at radius 3 is 1.58 bits per heavy atom. The summed E-state index contributed by atoms with van der Waals surface area (Å²) in [5, 5.41) is 39.9. The van der Waals surface area contributed by atoms with Crippen LogP contribution in [0.15, 0.2) is 84.9 Å². The molecule has 6 N–H and O–H groups in total. The van der Waals surface area contributed by atoms with E-state index in [0.29, 0.717) is 12.0 Å². The van der Waals surface area contributed by atoms with Gasteiger partial charge in [-0.25, -0.2) is 14.4 Å². The molecular weight excluding hydrogens is 686 g/mol. The van der Waals surface area contributed by atoms with Crippen molar-refractivity contribution in [1.29, 1.82) is 0 Å². The molecule has 1 fully saturated rings. The molecule has 3 aromatic carbocycles. The molecule has 0 saturated carbocycles. The monoisotopic (exact) mass is 737 g/mol. The van der Waals surface area contributed by atoms with Gasteiger partial charge in [0.15, 0.2) is 0 Å². The Kier molecular flexibility index (Phi) is 16.3. The number of hydrogen-bond acceptors (Lipinski definition) is 9. The van der Waals surface area contributed by atoms with Crippen LogP contribution in [0.25, 0.3) is 0 Å². The standard InChI is InChI=1S/C21H35N3O2.C18H14O8.H2O/c1-6-23(17(2)15-18-7-9-20(26-5)10-8-18)16-19-11-13-24(14-12-19)21(25)22(3)4;19-13(11-7-3-1-4-8-11)17(25,15(21)22)18(26,16(23)24)14(20)12-9-5-2-6-10-12;/h7-10,17,19H,6,11-16H2,1-5H3;1-10,25-26H,(H,21,22)(H,23,24);1H2. The lowest BCUT2D eigenvalue weighted by Crippen LogP contribution is -2.71. The maximum Gasteiger partial charge on any atom is 0.348 e. The van der Waals surface area contributed by atoms with Gasteiger partial charge >= 0.3 is 18.0 Å². The van der Waals surface area contributed by atoms with E-state index >= 15 is 0 Å². The van der Waals surface area contributed by atoms with Crippen molar-refractivity contribution < 1.29 is 54.6 Å². The molecule has 0 aromatic heterocycles. The Morgan fingerprint density at radius 1 is 0.792 bits per heavy atom. The topological polar surface area (TPSA) is 217 Å². The summed E-state index contributed by atoms with van der Waals surface area (Å²) < 4.78 is 5.24. The molecule has 14 nitrogen and oxygen atoms in total. The highest BCUT2D eigenvalue weighted by molar-refractivity contribution is 6.28. The van der Waals surface area contributed by atoms with Crippen LogP contribution in [0.1, 0.15) is 53.0 Å². The number of aliphatic hydroxyl groups is 2. The third kappa shape index (κ3) is 10.3. The first kappa shape index (κ1) is 44.0. The van der Waals surface area contributed by atoms with Gasteiger partial charge in [0.05, 0.1) is 7.11 Å². The first-order valence-electron chi connectivity index (χ1n) is 17.1. The molecule has 0 radical (unpaired) electrons. The number of hydrogen-bond donors (Lipinski definition) is 4. The number of likely N-dealkylation sites (N-methyl/N-ethyl adjacent to an activating group) is 1. The van der Waals surface area contributed by atoms with Crippen molar-refractivity contribution >= 4 is 29.5 Å². The molecule has 288 valence electrons. The Bertz CT molecular complexity index is 1590. The molecule has 0 aliphatic carbocycles. The number of methoxy groups -OCH3 is 1. The van der Waals surface area contributed by atoms with E-state index in [9.17, 15) is 44.4 Å². The first-order valence-corrected chi connectivity index (χ1v) is 17.1. The lowest BCUT2D eigenvalue weighted by molar-refractivity contribution is -0.187. The number of carbonyl (C=O) groups is 5. The van der Waals surface area contributed by atoms with E-state index in [2.05, 4.69) is 30.9 Å². The van der Waals surface area contributed by atoms with Crippen LogP contribution in [0.5, 0.6) is 5.75 Å². The third-order valence-electron chi connectivity index (χ3n) is 9.35. The largest absolute Gasteiger partial charge is 0.497 e. The number of carboxylic acids is 2. The van der Waals surface area contributed by atoms with Crippen molar-refractivity contribution in [2.75, 3.05) is 47.4 Å². The summed E-state index contributed by atoms with van der Waals surface area (Å²) in [6.07, 6.45) is 3.26. The Hall–Kier alpha value is -5.15. The van der Waals surface area contributed by atoms with E-state index in [-0.39, 0.29) is 11.5 Å². The molecule has 1 saturated heterocycles. The molecule has 3 aromatic rings. The number of Topliss-reactive ketones (excluding diaryl/α,β-unsaturated/α-hetero) is 2. The van der Waals surface area contributed by atoms with Crippen LogP contribution >= 0.6 is 0 Å². The Morgan fingerprint density at radius 2 is 1.23 bits per heavy atom. The van der Waals surface area contributed by atoms with Crippen molar-refractivity contribution in [3.63, 3.8) is 0 Å². The van der Waals surface area contributed by atoms with E-state index in [4.69, 9.17) is 4.74 Å². The van der Waals surface area contributed by atoms with Crippen LogP contribution in [0.4, 0.5) is 4.79 Å². The number of ketones is 2. The molecule has 4 rings (SSSR count). The first-order chi connectivity index (χ1) is 24.6. The number of urea groups is 1. The quantitative estimate of drug-likeness (QED) is 0.139.